The van der Waals surface area contributed by atoms with E-state index in [1.807, 2.05) is 36.4 Å². The fourth-order valence-corrected chi connectivity index (χ4v) is 4.17. The number of alkyl halides is 3. The number of hydrogen-bond acceptors (Lipinski definition) is 6. The molecule has 3 aromatic rings. The highest BCUT2D eigenvalue weighted by Crippen LogP contribution is 2.26. The van der Waals surface area contributed by atoms with Crippen molar-refractivity contribution in [2.75, 3.05) is 19.0 Å². The largest absolute Gasteiger partial charge is 0.493 e. The van der Waals surface area contributed by atoms with Crippen molar-refractivity contribution in [1.29, 1.82) is 0 Å². The van der Waals surface area contributed by atoms with Gasteiger partial charge in [0.1, 0.15) is 5.82 Å². The summed E-state index contributed by atoms with van der Waals surface area (Å²) in [6.07, 6.45) is -1.23. The highest BCUT2D eigenvalue weighted by Gasteiger charge is 2.38. The predicted molar refractivity (Wildman–Crippen MR) is 136 cm³/mol. The van der Waals surface area contributed by atoms with E-state index in [-0.39, 0.29) is 18.6 Å². The summed E-state index contributed by atoms with van der Waals surface area (Å²) in [6.45, 7) is 2.10. The first kappa shape index (κ1) is 28.5. The Morgan fingerprint density at radius 1 is 1.00 bits per heavy atom. The zero-order chi connectivity index (χ0) is 27.7. The van der Waals surface area contributed by atoms with E-state index in [0.717, 1.165) is 37.0 Å². The van der Waals surface area contributed by atoms with E-state index in [2.05, 4.69) is 29.7 Å². The van der Waals surface area contributed by atoms with Crippen LogP contribution in [0, 0.1) is 6.92 Å². The molecule has 0 bridgehead atoms. The first-order chi connectivity index (χ1) is 18.1. The smallest absolute Gasteiger partial charge is 0.490 e. The molecule has 1 saturated carbocycles. The van der Waals surface area contributed by atoms with E-state index >= 15 is 0 Å². The maximum absolute atomic E-state index is 12.3. The Kier molecular flexibility index (Phi) is 9.75. The van der Waals surface area contributed by atoms with Crippen LogP contribution in [0.5, 0.6) is 11.5 Å². The second-order valence-electron chi connectivity index (χ2n) is 8.84. The van der Waals surface area contributed by atoms with Crippen molar-refractivity contribution < 1.29 is 37.3 Å². The lowest BCUT2D eigenvalue weighted by molar-refractivity contribution is -0.192. The van der Waals surface area contributed by atoms with Gasteiger partial charge in [-0.25, -0.2) is 9.78 Å². The molecular weight excluding hydrogens is 503 g/mol. The number of aromatic nitrogens is 1. The molecule has 4 rings (SSSR count). The first-order valence-electron chi connectivity index (χ1n) is 12.0. The predicted octanol–water partition coefficient (Wildman–Crippen LogP) is 5.10. The van der Waals surface area contributed by atoms with Crippen molar-refractivity contribution in [3.8, 4) is 11.5 Å². The second kappa shape index (κ2) is 13.0. The van der Waals surface area contributed by atoms with Crippen LogP contribution >= 0.6 is 0 Å². The second-order valence-corrected chi connectivity index (χ2v) is 8.84. The van der Waals surface area contributed by atoms with Gasteiger partial charge in [-0.15, -0.1) is 0 Å². The molecule has 0 saturated heterocycles. The average Bonchev–Trinajstić information content (AvgIpc) is 2.88. The number of rotatable bonds is 7. The Balaban J connectivity index is 0.000000505. The molecule has 38 heavy (non-hydrogen) atoms. The fourth-order valence-electron chi connectivity index (χ4n) is 4.17. The summed E-state index contributed by atoms with van der Waals surface area (Å²) in [5, 5.41) is 15.0. The third kappa shape index (κ3) is 8.25. The van der Waals surface area contributed by atoms with Gasteiger partial charge in [-0.1, -0.05) is 30.3 Å². The number of aliphatic carboxylic acids is 1. The molecule has 1 aliphatic carbocycles. The molecule has 1 aromatic heterocycles. The van der Waals surface area contributed by atoms with E-state index in [4.69, 9.17) is 24.4 Å². The Bertz CT molecular complexity index is 1240. The molecule has 0 radical (unpaired) electrons. The summed E-state index contributed by atoms with van der Waals surface area (Å²) in [5.41, 5.74) is 2.24. The monoisotopic (exact) mass is 533 g/mol. The summed E-state index contributed by atoms with van der Waals surface area (Å²) < 4.78 is 42.6. The van der Waals surface area contributed by atoms with E-state index in [1.165, 1.54) is 10.9 Å². The molecule has 11 heteroatoms. The van der Waals surface area contributed by atoms with Crippen molar-refractivity contribution in [1.82, 2.24) is 10.3 Å². The first-order valence-corrected chi connectivity index (χ1v) is 12.0. The zero-order valence-electron chi connectivity index (χ0n) is 21.0. The van der Waals surface area contributed by atoms with Crippen molar-refractivity contribution >= 4 is 28.6 Å². The van der Waals surface area contributed by atoms with Gasteiger partial charge >= 0.3 is 12.1 Å². The number of nitrogens with zero attached hydrogens (tertiary/aromatic N) is 1. The SMILES string of the molecule is COc1ccccc1OCC(=O)N[C@H]1CC[C@@H](Nc2cc(C)c3ccccc3n2)CC1.O=C(O)C(F)(F)F. The number of anilines is 1. The Hall–Kier alpha value is -4.02. The van der Waals surface area contributed by atoms with Crippen molar-refractivity contribution in [3.05, 3.63) is 60.2 Å². The fraction of sp³-hybridized carbons (Fsp3) is 0.370. The number of nitrogens with one attached hydrogen (secondary N) is 2. The number of amides is 1. The molecule has 0 aliphatic heterocycles. The highest BCUT2D eigenvalue weighted by atomic mass is 19.4. The lowest BCUT2D eigenvalue weighted by Gasteiger charge is -2.30. The molecule has 1 aliphatic rings. The average molecular weight is 534 g/mol. The van der Waals surface area contributed by atoms with Gasteiger partial charge in [0.05, 0.1) is 12.6 Å². The summed E-state index contributed by atoms with van der Waals surface area (Å²) in [4.78, 5) is 26.0. The third-order valence-corrected chi connectivity index (χ3v) is 6.04. The Labute approximate surface area is 218 Å². The van der Waals surface area contributed by atoms with Gasteiger partial charge in [-0.05, 0) is 62.4 Å². The molecule has 3 N–H and O–H groups in total. The van der Waals surface area contributed by atoms with Gasteiger partial charge in [0.15, 0.2) is 18.1 Å². The number of carboxylic acids is 1. The van der Waals surface area contributed by atoms with Gasteiger partial charge in [-0.3, -0.25) is 4.79 Å². The van der Waals surface area contributed by atoms with Crippen molar-refractivity contribution in [3.63, 3.8) is 0 Å². The number of carboxylic acid groups (broad SMARTS) is 1. The summed E-state index contributed by atoms with van der Waals surface area (Å²) >= 11 is 0. The van der Waals surface area contributed by atoms with Gasteiger partial charge in [-0.2, -0.15) is 13.2 Å². The minimum atomic E-state index is -5.08. The van der Waals surface area contributed by atoms with E-state index in [9.17, 15) is 18.0 Å². The Morgan fingerprint density at radius 3 is 2.21 bits per heavy atom. The number of benzene rings is 2. The van der Waals surface area contributed by atoms with E-state index < -0.39 is 12.1 Å². The third-order valence-electron chi connectivity index (χ3n) is 6.04. The van der Waals surface area contributed by atoms with Crippen LogP contribution in [-0.4, -0.2) is 53.9 Å². The van der Waals surface area contributed by atoms with Crippen LogP contribution in [0.1, 0.15) is 31.2 Å². The van der Waals surface area contributed by atoms with Crippen LogP contribution in [0.15, 0.2) is 54.6 Å². The summed E-state index contributed by atoms with van der Waals surface area (Å²) in [6, 6.07) is 18.2. The topological polar surface area (TPSA) is 110 Å². The maximum Gasteiger partial charge on any atom is 0.490 e. The normalized spacial score (nSPS) is 17.1. The molecule has 2 aromatic carbocycles. The molecule has 0 atom stereocenters. The maximum atomic E-state index is 12.3. The van der Waals surface area contributed by atoms with Gasteiger partial charge < -0.3 is 25.2 Å². The highest BCUT2D eigenvalue weighted by molar-refractivity contribution is 5.83. The van der Waals surface area contributed by atoms with Crippen molar-refractivity contribution in [2.45, 2.75) is 50.9 Å². The number of fused-ring (bicyclic) bond motifs is 1. The van der Waals surface area contributed by atoms with E-state index in [0.29, 0.717) is 17.5 Å². The number of para-hydroxylation sites is 3. The lowest BCUT2D eigenvalue weighted by Crippen LogP contribution is -2.42. The molecule has 1 fully saturated rings. The quantitative estimate of drug-likeness (QED) is 0.388. The summed E-state index contributed by atoms with van der Waals surface area (Å²) in [5.74, 6) is -0.735. The molecule has 8 nitrogen and oxygen atoms in total. The van der Waals surface area contributed by atoms with Crippen LogP contribution in [0.2, 0.25) is 0 Å². The number of halogens is 3. The zero-order valence-corrected chi connectivity index (χ0v) is 21.0. The molecule has 0 spiro atoms. The van der Waals surface area contributed by atoms with Gasteiger partial charge in [0.2, 0.25) is 0 Å². The molecule has 204 valence electrons. The van der Waals surface area contributed by atoms with Crippen LogP contribution in [0.3, 0.4) is 0 Å². The van der Waals surface area contributed by atoms with Gasteiger partial charge in [0, 0.05) is 17.5 Å². The number of methoxy groups -OCH3 is 1. The number of carbonyl (C=O) groups excluding carboxylic acids is 1. The van der Waals surface area contributed by atoms with Crippen LogP contribution in [0.25, 0.3) is 10.9 Å². The van der Waals surface area contributed by atoms with Crippen molar-refractivity contribution in [2.24, 2.45) is 0 Å². The Morgan fingerprint density at radius 2 is 1.58 bits per heavy atom. The molecule has 1 heterocycles. The van der Waals surface area contributed by atoms with E-state index in [1.54, 1.807) is 13.2 Å². The number of ether oxygens (including phenoxy) is 2. The lowest BCUT2D eigenvalue weighted by atomic mass is 9.91. The number of aryl methyl sites for hydroxylation is 1. The molecule has 1 amide bonds. The number of hydrogen-bond donors (Lipinski definition) is 3. The standard InChI is InChI=1S/C25H29N3O3.C2HF3O2/c1-17-15-24(28-21-8-4-3-7-20(17)21)26-18-11-13-19(14-12-18)27-25(29)16-31-23-10-6-5-9-22(23)30-2;3-2(4,5)1(6)7/h3-10,15,18-19H,11-14,16H2,1-2H3,(H,26,28)(H,27,29);(H,6,7)/t18-,19+;. The molecular formula is C27H30F3N3O5. The number of carbonyl (C=O) groups is 2. The van der Waals surface area contributed by atoms with Gasteiger partial charge in [0.25, 0.3) is 5.91 Å². The van der Waals surface area contributed by atoms with Crippen LogP contribution in [0.4, 0.5) is 19.0 Å². The van der Waals surface area contributed by atoms with Crippen LogP contribution < -0.4 is 20.1 Å². The van der Waals surface area contributed by atoms with Crippen LogP contribution in [-0.2, 0) is 9.59 Å². The number of pyridine rings is 1. The minimum Gasteiger partial charge on any atom is -0.493 e. The summed E-state index contributed by atoms with van der Waals surface area (Å²) in [7, 11) is 1.59. The minimum absolute atomic E-state index is 0.0150. The molecule has 0 unspecified atom stereocenters.